The van der Waals surface area contributed by atoms with Crippen molar-refractivity contribution in [3.63, 3.8) is 0 Å². The first-order valence-electron chi connectivity index (χ1n) is 6.42. The van der Waals surface area contributed by atoms with Crippen LogP contribution in [0.5, 0.6) is 0 Å². The monoisotopic (exact) mass is 378 g/mol. The van der Waals surface area contributed by atoms with Gasteiger partial charge in [0.1, 0.15) is 11.0 Å². The van der Waals surface area contributed by atoms with Gasteiger partial charge < -0.3 is 10.2 Å². The van der Waals surface area contributed by atoms with E-state index in [1.165, 1.54) is 0 Å². The molecule has 22 heavy (non-hydrogen) atoms. The van der Waals surface area contributed by atoms with E-state index in [1.807, 2.05) is 31.1 Å². The predicted molar refractivity (Wildman–Crippen MR) is 91.9 cm³/mol. The van der Waals surface area contributed by atoms with Crippen LogP contribution in [0.15, 0.2) is 35.2 Å². The number of pyridine rings is 2. The van der Waals surface area contributed by atoms with Gasteiger partial charge in [0.05, 0.1) is 15.4 Å². The fraction of sp³-hybridized carbons (Fsp3) is 0.143. The largest absolute Gasteiger partial charge is 0.363 e. The molecule has 0 amide bonds. The third kappa shape index (κ3) is 2.95. The lowest BCUT2D eigenvalue weighted by Gasteiger charge is -2.12. The van der Waals surface area contributed by atoms with Gasteiger partial charge in [-0.3, -0.25) is 0 Å². The summed E-state index contributed by atoms with van der Waals surface area (Å²) in [6, 6.07) is 3.78. The fourth-order valence-corrected chi connectivity index (χ4v) is 2.48. The van der Waals surface area contributed by atoms with Gasteiger partial charge in [-0.05, 0) is 22.0 Å². The van der Waals surface area contributed by atoms with Crippen molar-refractivity contribution in [3.8, 4) is 0 Å². The third-order valence-corrected chi connectivity index (χ3v) is 3.87. The summed E-state index contributed by atoms with van der Waals surface area (Å²) in [7, 11) is 3.87. The Labute approximate surface area is 140 Å². The van der Waals surface area contributed by atoms with E-state index in [-0.39, 0.29) is 0 Å². The van der Waals surface area contributed by atoms with Gasteiger partial charge in [0.25, 0.3) is 0 Å². The molecule has 0 atom stereocenters. The van der Waals surface area contributed by atoms with Crippen LogP contribution in [0, 0.1) is 0 Å². The first-order valence-corrected chi connectivity index (χ1v) is 7.59. The van der Waals surface area contributed by atoms with Gasteiger partial charge in [-0.15, -0.1) is 0 Å². The van der Waals surface area contributed by atoms with Crippen molar-refractivity contribution in [2.24, 2.45) is 0 Å². The number of nitrogens with zero attached hydrogens (tertiary/aromatic N) is 5. The molecule has 0 bridgehead atoms. The number of anilines is 3. The Morgan fingerprint density at radius 3 is 2.77 bits per heavy atom. The number of nitrogens with one attached hydrogen (secondary N) is 1. The Balaban J connectivity index is 1.98. The van der Waals surface area contributed by atoms with E-state index in [9.17, 15) is 0 Å². The highest BCUT2D eigenvalue weighted by Gasteiger charge is 2.09. The smallest absolute Gasteiger partial charge is 0.227 e. The molecular formula is C14H12BrClN6. The molecule has 0 aliphatic rings. The number of rotatable bonds is 3. The number of aromatic nitrogens is 4. The summed E-state index contributed by atoms with van der Waals surface area (Å²) < 4.78 is 0.765. The summed E-state index contributed by atoms with van der Waals surface area (Å²) in [4.78, 5) is 19.0. The molecule has 0 aliphatic carbocycles. The molecule has 0 radical (unpaired) electrons. The third-order valence-electron chi connectivity index (χ3n) is 2.99. The van der Waals surface area contributed by atoms with Gasteiger partial charge in [-0.2, -0.15) is 0 Å². The van der Waals surface area contributed by atoms with E-state index in [2.05, 4.69) is 41.2 Å². The van der Waals surface area contributed by atoms with Gasteiger partial charge in [-0.1, -0.05) is 11.6 Å². The lowest BCUT2D eigenvalue weighted by molar-refractivity contribution is 1.07. The second kappa shape index (κ2) is 6.02. The van der Waals surface area contributed by atoms with Crippen molar-refractivity contribution in [2.75, 3.05) is 24.3 Å². The molecule has 0 saturated carbocycles. The standard InChI is InChI=1S/C14H12BrClN6/c1-22(2)11-5-8(3-4-17-11)20-14-19-6-9-12(21-14)10(15)7-18-13(9)16/h3-7H,1-2H3,(H,17,19,20,21). The molecular weight excluding hydrogens is 368 g/mol. The molecule has 0 spiro atoms. The molecule has 0 aliphatic heterocycles. The molecule has 0 saturated heterocycles. The van der Waals surface area contributed by atoms with Crippen LogP contribution < -0.4 is 10.2 Å². The topological polar surface area (TPSA) is 66.8 Å². The van der Waals surface area contributed by atoms with Crippen LogP contribution in [0.2, 0.25) is 5.15 Å². The highest BCUT2D eigenvalue weighted by atomic mass is 79.9. The normalized spacial score (nSPS) is 10.7. The second-order valence-electron chi connectivity index (χ2n) is 4.77. The number of halogens is 2. The highest BCUT2D eigenvalue weighted by Crippen LogP contribution is 2.27. The van der Waals surface area contributed by atoms with Gasteiger partial charge in [0.15, 0.2) is 0 Å². The maximum Gasteiger partial charge on any atom is 0.227 e. The molecule has 112 valence electrons. The molecule has 3 heterocycles. The summed E-state index contributed by atoms with van der Waals surface area (Å²) in [5, 5.41) is 4.24. The maximum absolute atomic E-state index is 6.05. The highest BCUT2D eigenvalue weighted by molar-refractivity contribution is 9.10. The van der Waals surface area contributed by atoms with Crippen molar-refractivity contribution in [1.29, 1.82) is 0 Å². The SMILES string of the molecule is CN(C)c1cc(Nc2ncc3c(Cl)ncc(Br)c3n2)ccn1. The summed E-state index contributed by atoms with van der Waals surface area (Å²) in [6.07, 6.45) is 5.01. The van der Waals surface area contributed by atoms with Crippen molar-refractivity contribution in [2.45, 2.75) is 0 Å². The molecule has 3 aromatic rings. The molecule has 0 unspecified atom stereocenters. The average molecular weight is 380 g/mol. The van der Waals surface area contributed by atoms with E-state index >= 15 is 0 Å². The second-order valence-corrected chi connectivity index (χ2v) is 5.99. The van der Waals surface area contributed by atoms with Gasteiger partial charge in [0.2, 0.25) is 5.95 Å². The van der Waals surface area contributed by atoms with E-state index < -0.39 is 0 Å². The van der Waals surface area contributed by atoms with E-state index in [4.69, 9.17) is 11.6 Å². The average Bonchev–Trinajstić information content (AvgIpc) is 2.51. The molecule has 8 heteroatoms. The minimum atomic E-state index is 0.378. The van der Waals surface area contributed by atoms with Crippen molar-refractivity contribution >= 4 is 55.9 Å². The molecule has 0 aromatic carbocycles. The molecule has 1 N–H and O–H groups in total. The van der Waals surface area contributed by atoms with Crippen molar-refractivity contribution < 1.29 is 0 Å². The lowest BCUT2D eigenvalue weighted by Crippen LogP contribution is -2.10. The fourth-order valence-electron chi connectivity index (χ4n) is 1.89. The van der Waals surface area contributed by atoms with Crippen LogP contribution in [0.25, 0.3) is 10.9 Å². The summed E-state index contributed by atoms with van der Waals surface area (Å²) in [5.74, 6) is 1.32. The Kier molecular flexibility index (Phi) is 4.08. The minimum Gasteiger partial charge on any atom is -0.363 e. The molecule has 3 aromatic heterocycles. The van der Waals surface area contributed by atoms with Gasteiger partial charge in [0, 0.05) is 44.4 Å². The first-order chi connectivity index (χ1) is 10.5. The Hall–Kier alpha value is -1.99. The van der Waals surface area contributed by atoms with Crippen molar-refractivity contribution in [1.82, 2.24) is 19.9 Å². The van der Waals surface area contributed by atoms with Gasteiger partial charge in [-0.25, -0.2) is 19.9 Å². The number of fused-ring (bicyclic) bond motifs is 1. The van der Waals surface area contributed by atoms with Crippen LogP contribution in [-0.2, 0) is 0 Å². The summed E-state index contributed by atoms with van der Waals surface area (Å²) in [5.41, 5.74) is 1.56. The van der Waals surface area contributed by atoms with Crippen LogP contribution in [0.3, 0.4) is 0 Å². The van der Waals surface area contributed by atoms with E-state index in [1.54, 1.807) is 18.6 Å². The minimum absolute atomic E-state index is 0.378. The van der Waals surface area contributed by atoms with Crippen molar-refractivity contribution in [3.05, 3.63) is 40.3 Å². The van der Waals surface area contributed by atoms with Crippen LogP contribution in [-0.4, -0.2) is 34.0 Å². The zero-order chi connectivity index (χ0) is 15.7. The Morgan fingerprint density at radius 1 is 1.18 bits per heavy atom. The predicted octanol–water partition coefficient (Wildman–Crippen LogP) is 3.65. The molecule has 3 rings (SSSR count). The summed E-state index contributed by atoms with van der Waals surface area (Å²) in [6.45, 7) is 0. The maximum atomic E-state index is 6.05. The van der Waals surface area contributed by atoms with Gasteiger partial charge >= 0.3 is 0 Å². The number of hydrogen-bond donors (Lipinski definition) is 1. The summed E-state index contributed by atoms with van der Waals surface area (Å²) >= 11 is 9.48. The zero-order valence-corrected chi connectivity index (χ0v) is 14.2. The van der Waals surface area contributed by atoms with E-state index in [0.29, 0.717) is 22.0 Å². The lowest BCUT2D eigenvalue weighted by atomic mass is 10.3. The Morgan fingerprint density at radius 2 is 2.00 bits per heavy atom. The molecule has 0 fully saturated rings. The van der Waals surface area contributed by atoms with Crippen LogP contribution >= 0.6 is 27.5 Å². The van der Waals surface area contributed by atoms with E-state index in [0.717, 1.165) is 16.0 Å². The first kappa shape index (κ1) is 14.9. The van der Waals surface area contributed by atoms with Crippen LogP contribution in [0.4, 0.5) is 17.5 Å². The quantitative estimate of drug-likeness (QED) is 0.701. The molecule has 6 nitrogen and oxygen atoms in total. The Bertz CT molecular complexity index is 839. The number of hydrogen-bond acceptors (Lipinski definition) is 6. The van der Waals surface area contributed by atoms with Crippen LogP contribution in [0.1, 0.15) is 0 Å². The zero-order valence-electron chi connectivity index (χ0n) is 11.9.